The second-order valence-electron chi connectivity index (χ2n) is 10.7. The van der Waals surface area contributed by atoms with Crippen LogP contribution in [0.2, 0.25) is 0 Å². The van der Waals surface area contributed by atoms with Crippen LogP contribution in [0.5, 0.6) is 0 Å². The Kier molecular flexibility index (Phi) is 11.0. The molecule has 6 atom stereocenters. The van der Waals surface area contributed by atoms with E-state index in [9.17, 15) is 19.2 Å². The van der Waals surface area contributed by atoms with Gasteiger partial charge >= 0.3 is 6.09 Å². The lowest BCUT2D eigenvalue weighted by molar-refractivity contribution is -0.120. The van der Waals surface area contributed by atoms with Gasteiger partial charge in [0.25, 0.3) is 5.91 Å². The SMILES string of the molecule is COC1C/C=C(\C)C(OC(N)=O)C(C)/C(C)=C\C=C(/C)C(=O)NC2=CC(=O)C=C(C2=O)C(C)C(C)CC1C. The molecule has 2 bridgehead atoms. The monoisotopic (exact) mass is 526 g/mol. The van der Waals surface area contributed by atoms with Crippen molar-refractivity contribution in [3.8, 4) is 0 Å². The van der Waals surface area contributed by atoms with E-state index < -0.39 is 18.1 Å². The van der Waals surface area contributed by atoms with Gasteiger partial charge in [-0.15, -0.1) is 0 Å². The number of amides is 2. The molecule has 0 aromatic heterocycles. The molecular weight excluding hydrogens is 484 g/mol. The summed E-state index contributed by atoms with van der Waals surface area (Å²) in [6.45, 7) is 13.4. The van der Waals surface area contributed by atoms with Crippen LogP contribution in [0, 0.1) is 23.7 Å². The molecule has 6 unspecified atom stereocenters. The molecular formula is C30H42N2O6. The molecule has 8 nitrogen and oxygen atoms in total. The lowest BCUT2D eigenvalue weighted by atomic mass is 9.78. The van der Waals surface area contributed by atoms with E-state index in [-0.39, 0.29) is 47.0 Å². The minimum Gasteiger partial charge on any atom is -0.441 e. The average Bonchev–Trinajstić information content (AvgIpc) is 2.85. The number of nitrogens with one attached hydrogen (secondary N) is 1. The molecule has 0 aromatic rings. The predicted octanol–water partition coefficient (Wildman–Crippen LogP) is 4.72. The van der Waals surface area contributed by atoms with Gasteiger partial charge in [0.05, 0.1) is 11.8 Å². The normalized spacial score (nSPS) is 34.4. The van der Waals surface area contributed by atoms with Crippen LogP contribution in [0.3, 0.4) is 0 Å². The number of carbonyl (C=O) groups is 4. The van der Waals surface area contributed by atoms with Crippen LogP contribution >= 0.6 is 0 Å². The molecule has 0 radical (unpaired) electrons. The first-order valence-electron chi connectivity index (χ1n) is 13.1. The standard InChI is InChI=1S/C30H42N2O6/c1-16-9-10-18(3)29(35)32-25-15-23(33)14-24(27(25)34)21(6)19(4)13-20(5)26(37-8)12-11-17(2)28(22(16)7)38-30(31)36/h9-11,14-15,19-22,26,28H,12-13H2,1-8H3,(H2,31,36)(H,32,35)/b16-9-,17-11+,18-10+. The van der Waals surface area contributed by atoms with Crippen molar-refractivity contribution >= 4 is 23.6 Å². The Morgan fingerprint density at radius 2 is 1.61 bits per heavy atom. The van der Waals surface area contributed by atoms with Gasteiger partial charge in [0.1, 0.15) is 6.10 Å². The number of primary amides is 1. The number of hydrogen-bond acceptors (Lipinski definition) is 6. The van der Waals surface area contributed by atoms with E-state index in [2.05, 4.69) is 12.2 Å². The summed E-state index contributed by atoms with van der Waals surface area (Å²) >= 11 is 0. The first-order chi connectivity index (χ1) is 17.8. The molecule has 8 heteroatoms. The van der Waals surface area contributed by atoms with Gasteiger partial charge in [0.15, 0.2) is 5.78 Å². The first-order valence-corrected chi connectivity index (χ1v) is 13.1. The number of Topliss-reactive ketones (excluding diaryl/α,β-unsaturated/α-hetero) is 1. The van der Waals surface area contributed by atoms with Crippen molar-refractivity contribution in [3.63, 3.8) is 0 Å². The third kappa shape index (κ3) is 7.87. The van der Waals surface area contributed by atoms with Crippen molar-refractivity contribution in [2.45, 2.75) is 73.5 Å². The van der Waals surface area contributed by atoms with Gasteiger partial charge in [-0.2, -0.15) is 0 Å². The van der Waals surface area contributed by atoms with E-state index in [1.807, 2.05) is 40.7 Å². The molecule has 0 spiro atoms. The van der Waals surface area contributed by atoms with Gasteiger partial charge in [-0.05, 0) is 63.0 Å². The van der Waals surface area contributed by atoms with Crippen molar-refractivity contribution in [2.75, 3.05) is 7.11 Å². The van der Waals surface area contributed by atoms with E-state index >= 15 is 0 Å². The smallest absolute Gasteiger partial charge is 0.405 e. The summed E-state index contributed by atoms with van der Waals surface area (Å²) in [6.07, 6.45) is 7.76. The summed E-state index contributed by atoms with van der Waals surface area (Å²) in [5.74, 6) is -1.38. The Labute approximate surface area is 226 Å². The Morgan fingerprint density at radius 3 is 2.21 bits per heavy atom. The maximum atomic E-state index is 13.3. The molecule has 2 aliphatic rings. The molecule has 1 heterocycles. The largest absolute Gasteiger partial charge is 0.441 e. The molecule has 38 heavy (non-hydrogen) atoms. The quantitative estimate of drug-likeness (QED) is 0.396. The van der Waals surface area contributed by atoms with Gasteiger partial charge in [-0.25, -0.2) is 4.79 Å². The highest BCUT2D eigenvalue weighted by Gasteiger charge is 2.31. The molecule has 1 aliphatic carbocycles. The first kappa shape index (κ1) is 31.0. The Bertz CT molecular complexity index is 1110. The summed E-state index contributed by atoms with van der Waals surface area (Å²) < 4.78 is 11.3. The zero-order valence-corrected chi connectivity index (χ0v) is 23.8. The zero-order valence-electron chi connectivity index (χ0n) is 23.8. The van der Waals surface area contributed by atoms with E-state index in [4.69, 9.17) is 15.2 Å². The third-order valence-electron chi connectivity index (χ3n) is 7.86. The number of fused-ring (bicyclic) bond motifs is 2. The number of nitrogens with two attached hydrogens (primary N) is 1. The number of methoxy groups -OCH3 is 1. The Morgan fingerprint density at radius 1 is 0.947 bits per heavy atom. The fourth-order valence-corrected chi connectivity index (χ4v) is 4.94. The highest BCUT2D eigenvalue weighted by atomic mass is 16.6. The number of ether oxygens (including phenoxy) is 2. The van der Waals surface area contributed by atoms with Gasteiger partial charge in [-0.1, -0.05) is 51.5 Å². The lowest BCUT2D eigenvalue weighted by Gasteiger charge is -2.30. The second-order valence-corrected chi connectivity index (χ2v) is 10.7. The molecule has 1 aliphatic heterocycles. The molecule has 0 saturated carbocycles. The Balaban J connectivity index is 2.55. The van der Waals surface area contributed by atoms with E-state index in [1.54, 1.807) is 26.2 Å². The van der Waals surface area contributed by atoms with Crippen molar-refractivity contribution in [1.82, 2.24) is 5.32 Å². The van der Waals surface area contributed by atoms with E-state index in [0.29, 0.717) is 17.6 Å². The number of rotatable bonds is 2. The fraction of sp³-hybridized carbons (Fsp3) is 0.533. The number of ketones is 2. The van der Waals surface area contributed by atoms with Crippen molar-refractivity contribution < 1.29 is 28.7 Å². The summed E-state index contributed by atoms with van der Waals surface area (Å²) in [4.78, 5) is 50.3. The van der Waals surface area contributed by atoms with Gasteiger partial charge < -0.3 is 20.5 Å². The van der Waals surface area contributed by atoms with Gasteiger partial charge in [0, 0.05) is 30.2 Å². The summed E-state index contributed by atoms with van der Waals surface area (Å²) in [7, 11) is 1.67. The third-order valence-corrected chi connectivity index (χ3v) is 7.86. The highest BCUT2D eigenvalue weighted by molar-refractivity contribution is 6.21. The van der Waals surface area contributed by atoms with Gasteiger partial charge in [0.2, 0.25) is 5.78 Å². The summed E-state index contributed by atoms with van der Waals surface area (Å²) in [5, 5.41) is 2.62. The molecule has 2 amide bonds. The molecule has 208 valence electrons. The van der Waals surface area contributed by atoms with Crippen LogP contribution in [0.4, 0.5) is 4.79 Å². The topological polar surface area (TPSA) is 125 Å². The average molecular weight is 527 g/mol. The molecule has 0 fully saturated rings. The second kappa shape index (κ2) is 13.5. The summed E-state index contributed by atoms with van der Waals surface area (Å²) in [5.41, 5.74) is 7.83. The van der Waals surface area contributed by atoms with Crippen LogP contribution in [0.1, 0.15) is 61.3 Å². The van der Waals surface area contributed by atoms with Crippen molar-refractivity contribution in [1.29, 1.82) is 0 Å². The van der Waals surface area contributed by atoms with E-state index in [0.717, 1.165) is 17.6 Å². The van der Waals surface area contributed by atoms with Crippen LogP contribution in [0.15, 0.2) is 58.4 Å². The van der Waals surface area contributed by atoms with Crippen LogP contribution in [-0.2, 0) is 23.9 Å². The summed E-state index contributed by atoms with van der Waals surface area (Å²) in [6, 6.07) is 0. The van der Waals surface area contributed by atoms with Crippen molar-refractivity contribution in [2.24, 2.45) is 29.4 Å². The zero-order chi connectivity index (χ0) is 28.7. The maximum absolute atomic E-state index is 13.3. The van der Waals surface area contributed by atoms with E-state index in [1.165, 1.54) is 12.2 Å². The lowest BCUT2D eigenvalue weighted by Crippen LogP contribution is -2.34. The molecule has 0 saturated heterocycles. The van der Waals surface area contributed by atoms with Crippen LogP contribution in [0.25, 0.3) is 0 Å². The molecule has 0 aromatic carbocycles. The Hall–Kier alpha value is -3.26. The predicted molar refractivity (Wildman–Crippen MR) is 147 cm³/mol. The minimum atomic E-state index is -0.862. The van der Waals surface area contributed by atoms with Crippen molar-refractivity contribution in [3.05, 3.63) is 58.4 Å². The number of hydrogen-bond donors (Lipinski definition) is 2. The van der Waals surface area contributed by atoms with Crippen LogP contribution in [-0.4, -0.2) is 42.9 Å². The van der Waals surface area contributed by atoms with Crippen LogP contribution < -0.4 is 11.1 Å². The minimum absolute atomic E-state index is 0.0196. The maximum Gasteiger partial charge on any atom is 0.405 e. The van der Waals surface area contributed by atoms with Gasteiger partial charge in [-0.3, -0.25) is 14.4 Å². The molecule has 3 N–H and O–H groups in total. The molecule has 2 rings (SSSR count). The number of carbonyl (C=O) groups excluding carboxylic acids is 4. The highest BCUT2D eigenvalue weighted by Crippen LogP contribution is 2.32. The fourth-order valence-electron chi connectivity index (χ4n) is 4.94. The number of allylic oxidation sites excluding steroid dienone is 5.